The van der Waals surface area contributed by atoms with E-state index in [0.29, 0.717) is 17.3 Å². The Morgan fingerprint density at radius 2 is 1.92 bits per heavy atom. The number of nitrogens with one attached hydrogen (secondary N) is 1. The molecule has 3 aromatic rings. The third-order valence-electron chi connectivity index (χ3n) is 3.64. The third kappa shape index (κ3) is 3.35. The SMILES string of the molecule is CC(C)Cn1nc(C(=O)Nc2ncccc2O)c2ccccc2c1=O. The highest BCUT2D eigenvalue weighted by Gasteiger charge is 2.18. The first kappa shape index (κ1) is 16.6. The minimum absolute atomic E-state index is 0.0417. The van der Waals surface area contributed by atoms with Crippen LogP contribution in [0.4, 0.5) is 5.82 Å². The Morgan fingerprint density at radius 1 is 1.20 bits per heavy atom. The summed E-state index contributed by atoms with van der Waals surface area (Å²) < 4.78 is 1.31. The fourth-order valence-electron chi connectivity index (χ4n) is 2.53. The van der Waals surface area contributed by atoms with Gasteiger partial charge in [0.05, 0.1) is 5.39 Å². The van der Waals surface area contributed by atoms with E-state index in [0.717, 1.165) is 0 Å². The Labute approximate surface area is 143 Å². The van der Waals surface area contributed by atoms with E-state index in [1.165, 1.54) is 16.9 Å². The number of aromatic nitrogens is 3. The van der Waals surface area contributed by atoms with Crippen molar-refractivity contribution in [3.63, 3.8) is 0 Å². The molecule has 0 fully saturated rings. The Balaban J connectivity index is 2.11. The fraction of sp³-hybridized carbons (Fsp3) is 0.222. The molecule has 2 aromatic heterocycles. The molecular formula is C18H18N4O3. The molecule has 2 N–H and O–H groups in total. The molecule has 3 rings (SSSR count). The molecule has 0 saturated carbocycles. The molecule has 7 nitrogen and oxygen atoms in total. The van der Waals surface area contributed by atoms with Gasteiger partial charge >= 0.3 is 0 Å². The first-order valence-electron chi connectivity index (χ1n) is 7.92. The van der Waals surface area contributed by atoms with E-state index in [1.54, 1.807) is 30.3 Å². The molecule has 128 valence electrons. The van der Waals surface area contributed by atoms with Crippen LogP contribution in [0.3, 0.4) is 0 Å². The molecule has 0 spiro atoms. The summed E-state index contributed by atoms with van der Waals surface area (Å²) in [6.45, 7) is 4.34. The van der Waals surface area contributed by atoms with Gasteiger partial charge in [-0.25, -0.2) is 9.67 Å². The molecule has 0 radical (unpaired) electrons. The summed E-state index contributed by atoms with van der Waals surface area (Å²) in [6.07, 6.45) is 1.46. The average molecular weight is 338 g/mol. The predicted octanol–water partition coefficient (Wildman–Crippen LogP) is 2.41. The van der Waals surface area contributed by atoms with Gasteiger partial charge in [-0.2, -0.15) is 5.10 Å². The van der Waals surface area contributed by atoms with Gasteiger partial charge in [-0.1, -0.05) is 32.0 Å². The average Bonchev–Trinajstić information content (AvgIpc) is 2.59. The van der Waals surface area contributed by atoms with E-state index in [-0.39, 0.29) is 28.7 Å². The van der Waals surface area contributed by atoms with Crippen LogP contribution in [0.25, 0.3) is 10.8 Å². The summed E-state index contributed by atoms with van der Waals surface area (Å²) in [6, 6.07) is 9.82. The summed E-state index contributed by atoms with van der Waals surface area (Å²) in [5.41, 5.74) is -0.123. The number of aromatic hydroxyl groups is 1. The molecular weight excluding hydrogens is 320 g/mol. The summed E-state index contributed by atoms with van der Waals surface area (Å²) in [5, 5.41) is 17.5. The molecule has 1 amide bonds. The molecule has 0 aliphatic heterocycles. The normalized spacial score (nSPS) is 11.0. The highest BCUT2D eigenvalue weighted by molar-refractivity contribution is 6.11. The van der Waals surface area contributed by atoms with Crippen LogP contribution in [0.1, 0.15) is 24.3 Å². The van der Waals surface area contributed by atoms with E-state index in [9.17, 15) is 14.7 Å². The first-order chi connectivity index (χ1) is 12.0. The smallest absolute Gasteiger partial charge is 0.278 e. The van der Waals surface area contributed by atoms with Crippen molar-refractivity contribution in [2.45, 2.75) is 20.4 Å². The van der Waals surface area contributed by atoms with E-state index in [1.807, 2.05) is 13.8 Å². The number of pyridine rings is 1. The fourth-order valence-corrected chi connectivity index (χ4v) is 2.53. The number of benzene rings is 1. The van der Waals surface area contributed by atoms with Crippen LogP contribution in [0, 0.1) is 5.92 Å². The van der Waals surface area contributed by atoms with Crippen molar-refractivity contribution >= 4 is 22.5 Å². The van der Waals surface area contributed by atoms with Crippen LogP contribution in [0.5, 0.6) is 5.75 Å². The summed E-state index contributed by atoms with van der Waals surface area (Å²) in [7, 11) is 0. The second kappa shape index (κ2) is 6.72. The molecule has 0 aliphatic carbocycles. The van der Waals surface area contributed by atoms with Gasteiger partial charge in [-0.05, 0) is 24.1 Å². The van der Waals surface area contributed by atoms with Gasteiger partial charge in [-0.3, -0.25) is 9.59 Å². The van der Waals surface area contributed by atoms with Gasteiger partial charge in [0.15, 0.2) is 17.3 Å². The number of nitrogens with zero attached hydrogens (tertiary/aromatic N) is 3. The van der Waals surface area contributed by atoms with Crippen LogP contribution in [-0.4, -0.2) is 25.8 Å². The van der Waals surface area contributed by atoms with Crippen molar-refractivity contribution in [1.82, 2.24) is 14.8 Å². The number of anilines is 1. The monoisotopic (exact) mass is 338 g/mol. The molecule has 0 saturated heterocycles. The zero-order valence-electron chi connectivity index (χ0n) is 13.9. The van der Waals surface area contributed by atoms with Crippen LogP contribution in [-0.2, 0) is 6.54 Å². The molecule has 0 aliphatic rings. The number of fused-ring (bicyclic) bond motifs is 1. The number of amides is 1. The molecule has 0 unspecified atom stereocenters. The standard InChI is InChI=1S/C18H18N4O3/c1-11(2)10-22-18(25)13-7-4-3-6-12(13)15(21-22)17(24)20-16-14(23)8-5-9-19-16/h3-9,11,23H,10H2,1-2H3,(H,19,20,24). The lowest BCUT2D eigenvalue weighted by Crippen LogP contribution is -2.29. The van der Waals surface area contributed by atoms with Gasteiger partial charge in [0.25, 0.3) is 11.5 Å². The molecule has 7 heteroatoms. The van der Waals surface area contributed by atoms with Crippen molar-refractivity contribution in [1.29, 1.82) is 0 Å². The zero-order valence-corrected chi connectivity index (χ0v) is 13.9. The number of carbonyl (C=O) groups excluding carboxylic acids is 1. The van der Waals surface area contributed by atoms with E-state index in [2.05, 4.69) is 15.4 Å². The van der Waals surface area contributed by atoms with Gasteiger partial charge < -0.3 is 10.4 Å². The van der Waals surface area contributed by atoms with E-state index in [4.69, 9.17) is 0 Å². The number of hydrogen-bond acceptors (Lipinski definition) is 5. The van der Waals surface area contributed by atoms with Crippen molar-refractivity contribution in [2.24, 2.45) is 5.92 Å². The molecule has 25 heavy (non-hydrogen) atoms. The van der Waals surface area contributed by atoms with Crippen LogP contribution in [0.2, 0.25) is 0 Å². The lowest BCUT2D eigenvalue weighted by Gasteiger charge is -2.12. The van der Waals surface area contributed by atoms with Gasteiger partial charge in [0, 0.05) is 18.1 Å². The lowest BCUT2D eigenvalue weighted by atomic mass is 10.1. The lowest BCUT2D eigenvalue weighted by molar-refractivity contribution is 0.102. The second-order valence-electron chi connectivity index (χ2n) is 6.10. The maximum Gasteiger partial charge on any atom is 0.278 e. The van der Waals surface area contributed by atoms with Crippen LogP contribution >= 0.6 is 0 Å². The van der Waals surface area contributed by atoms with Crippen molar-refractivity contribution < 1.29 is 9.90 Å². The topological polar surface area (TPSA) is 97.1 Å². The van der Waals surface area contributed by atoms with E-state index < -0.39 is 5.91 Å². The first-order valence-corrected chi connectivity index (χ1v) is 7.92. The Kier molecular flexibility index (Phi) is 4.47. The number of hydrogen-bond donors (Lipinski definition) is 2. The Hall–Kier alpha value is -3.22. The quantitative estimate of drug-likeness (QED) is 0.761. The van der Waals surface area contributed by atoms with E-state index >= 15 is 0 Å². The predicted molar refractivity (Wildman–Crippen MR) is 94.7 cm³/mol. The zero-order chi connectivity index (χ0) is 18.0. The van der Waals surface area contributed by atoms with Gasteiger partial charge in [0.1, 0.15) is 0 Å². The van der Waals surface area contributed by atoms with Crippen molar-refractivity contribution in [3.8, 4) is 5.75 Å². The third-order valence-corrected chi connectivity index (χ3v) is 3.64. The Bertz CT molecular complexity index is 995. The van der Waals surface area contributed by atoms with Crippen LogP contribution < -0.4 is 10.9 Å². The number of rotatable bonds is 4. The summed E-state index contributed by atoms with van der Waals surface area (Å²) in [4.78, 5) is 29.2. The van der Waals surface area contributed by atoms with Crippen molar-refractivity contribution in [2.75, 3.05) is 5.32 Å². The summed E-state index contributed by atoms with van der Waals surface area (Å²) in [5.74, 6) is -0.444. The largest absolute Gasteiger partial charge is 0.504 e. The molecule has 0 bridgehead atoms. The minimum Gasteiger partial charge on any atom is -0.504 e. The van der Waals surface area contributed by atoms with Gasteiger partial charge in [0.2, 0.25) is 0 Å². The van der Waals surface area contributed by atoms with Crippen LogP contribution in [0.15, 0.2) is 47.4 Å². The van der Waals surface area contributed by atoms with Crippen molar-refractivity contribution in [3.05, 3.63) is 58.6 Å². The Morgan fingerprint density at radius 3 is 2.60 bits per heavy atom. The highest BCUT2D eigenvalue weighted by atomic mass is 16.3. The molecule has 0 atom stereocenters. The second-order valence-corrected chi connectivity index (χ2v) is 6.10. The molecule has 1 aromatic carbocycles. The van der Waals surface area contributed by atoms with Gasteiger partial charge in [-0.15, -0.1) is 0 Å². The maximum absolute atomic E-state index is 12.7. The number of carbonyl (C=O) groups is 1. The minimum atomic E-state index is -0.539. The highest BCUT2D eigenvalue weighted by Crippen LogP contribution is 2.20. The molecule has 2 heterocycles. The summed E-state index contributed by atoms with van der Waals surface area (Å²) >= 11 is 0. The maximum atomic E-state index is 12.7.